The molecular weight excluding hydrogens is 180 g/mol. The molecule has 82 valence electrons. The van der Waals surface area contributed by atoms with Crippen molar-refractivity contribution in [2.75, 3.05) is 45.9 Å². The fourth-order valence-electron chi connectivity index (χ4n) is 2.16. The van der Waals surface area contributed by atoms with Gasteiger partial charge in [0.25, 0.3) is 0 Å². The first kappa shape index (κ1) is 10.4. The van der Waals surface area contributed by atoms with E-state index >= 15 is 0 Å². The third kappa shape index (κ3) is 2.67. The van der Waals surface area contributed by atoms with Crippen molar-refractivity contribution in [3.63, 3.8) is 0 Å². The normalized spacial score (nSPS) is 31.9. The van der Waals surface area contributed by atoms with Crippen LogP contribution in [0.5, 0.6) is 0 Å². The van der Waals surface area contributed by atoms with E-state index < -0.39 is 0 Å². The Balaban J connectivity index is 1.72. The number of nitrogens with one attached hydrogen (secondary N) is 1. The minimum Gasteiger partial charge on any atom is -0.391 e. The lowest BCUT2D eigenvalue weighted by Gasteiger charge is -2.30. The number of nitrogens with zero attached hydrogens (tertiary/aromatic N) is 1. The van der Waals surface area contributed by atoms with Crippen molar-refractivity contribution in [1.29, 1.82) is 0 Å². The van der Waals surface area contributed by atoms with Crippen LogP contribution in [0.25, 0.3) is 0 Å². The van der Waals surface area contributed by atoms with Crippen molar-refractivity contribution < 1.29 is 9.84 Å². The molecule has 0 radical (unpaired) electrons. The number of piperazine rings is 1. The average Bonchev–Trinajstić information content (AvgIpc) is 2.72. The number of hydrogen-bond donors (Lipinski definition) is 2. The van der Waals surface area contributed by atoms with E-state index in [9.17, 15) is 5.11 Å². The summed E-state index contributed by atoms with van der Waals surface area (Å²) < 4.78 is 5.28. The molecule has 2 heterocycles. The molecule has 0 aromatic carbocycles. The Morgan fingerprint density at radius 3 is 2.86 bits per heavy atom. The van der Waals surface area contributed by atoms with Crippen molar-refractivity contribution in [3.05, 3.63) is 0 Å². The van der Waals surface area contributed by atoms with E-state index in [0.717, 1.165) is 52.4 Å². The van der Waals surface area contributed by atoms with Gasteiger partial charge in [0, 0.05) is 45.2 Å². The molecule has 0 spiro atoms. The Bertz CT molecular complexity index is 166. The molecule has 2 fully saturated rings. The van der Waals surface area contributed by atoms with Gasteiger partial charge in [0.1, 0.15) is 0 Å². The molecule has 4 heteroatoms. The molecule has 2 N–H and O–H groups in total. The zero-order chi connectivity index (χ0) is 9.80. The SMILES string of the molecule is OC(CN1CCNCC1)C1CCOC1. The van der Waals surface area contributed by atoms with Gasteiger partial charge in [-0.2, -0.15) is 0 Å². The summed E-state index contributed by atoms with van der Waals surface area (Å²) in [5.74, 6) is 0.366. The fourth-order valence-corrected chi connectivity index (χ4v) is 2.16. The Labute approximate surface area is 85.2 Å². The first-order valence-electron chi connectivity index (χ1n) is 5.55. The lowest BCUT2D eigenvalue weighted by Crippen LogP contribution is -2.47. The Morgan fingerprint density at radius 1 is 1.43 bits per heavy atom. The van der Waals surface area contributed by atoms with Gasteiger partial charge < -0.3 is 15.2 Å². The van der Waals surface area contributed by atoms with Crippen LogP contribution in [0.1, 0.15) is 6.42 Å². The standard InChI is InChI=1S/C10H20N2O2/c13-10(9-1-6-14-8-9)7-12-4-2-11-3-5-12/h9-11,13H,1-8H2. The summed E-state index contributed by atoms with van der Waals surface area (Å²) >= 11 is 0. The van der Waals surface area contributed by atoms with Crippen LogP contribution in [0.4, 0.5) is 0 Å². The Hall–Kier alpha value is -0.160. The lowest BCUT2D eigenvalue weighted by molar-refractivity contribution is 0.0522. The van der Waals surface area contributed by atoms with Crippen LogP contribution in [0, 0.1) is 5.92 Å². The summed E-state index contributed by atoms with van der Waals surface area (Å²) in [7, 11) is 0. The summed E-state index contributed by atoms with van der Waals surface area (Å²) in [5.41, 5.74) is 0. The fraction of sp³-hybridized carbons (Fsp3) is 1.00. The van der Waals surface area contributed by atoms with Crippen molar-refractivity contribution >= 4 is 0 Å². The summed E-state index contributed by atoms with van der Waals surface area (Å²) in [6, 6.07) is 0. The zero-order valence-corrected chi connectivity index (χ0v) is 8.61. The van der Waals surface area contributed by atoms with E-state index in [1.807, 2.05) is 0 Å². The lowest BCUT2D eigenvalue weighted by atomic mass is 10.0. The Kier molecular flexibility index (Phi) is 3.75. The quantitative estimate of drug-likeness (QED) is 0.632. The highest BCUT2D eigenvalue weighted by atomic mass is 16.5. The largest absolute Gasteiger partial charge is 0.391 e. The van der Waals surface area contributed by atoms with E-state index in [-0.39, 0.29) is 6.10 Å². The van der Waals surface area contributed by atoms with Gasteiger partial charge >= 0.3 is 0 Å². The van der Waals surface area contributed by atoms with Crippen LogP contribution >= 0.6 is 0 Å². The molecule has 4 nitrogen and oxygen atoms in total. The van der Waals surface area contributed by atoms with Crippen LogP contribution in [0.3, 0.4) is 0 Å². The number of aliphatic hydroxyl groups is 1. The third-order valence-corrected chi connectivity index (χ3v) is 3.16. The van der Waals surface area contributed by atoms with Crippen LogP contribution in [-0.2, 0) is 4.74 Å². The van der Waals surface area contributed by atoms with Gasteiger partial charge in [-0.15, -0.1) is 0 Å². The molecule has 0 bridgehead atoms. The van der Waals surface area contributed by atoms with Crippen molar-refractivity contribution in [2.24, 2.45) is 5.92 Å². The molecule has 2 saturated heterocycles. The number of ether oxygens (including phenoxy) is 1. The van der Waals surface area contributed by atoms with Crippen LogP contribution in [-0.4, -0.2) is 62.0 Å². The molecule has 0 aliphatic carbocycles. The monoisotopic (exact) mass is 200 g/mol. The Morgan fingerprint density at radius 2 is 2.21 bits per heavy atom. The first-order valence-corrected chi connectivity index (χ1v) is 5.55. The van der Waals surface area contributed by atoms with Crippen LogP contribution in [0.2, 0.25) is 0 Å². The number of rotatable bonds is 3. The third-order valence-electron chi connectivity index (χ3n) is 3.16. The van der Waals surface area contributed by atoms with Gasteiger partial charge in [-0.1, -0.05) is 0 Å². The van der Waals surface area contributed by atoms with E-state index in [1.54, 1.807) is 0 Å². The predicted molar refractivity (Wildman–Crippen MR) is 54.2 cm³/mol. The van der Waals surface area contributed by atoms with Gasteiger partial charge in [-0.3, -0.25) is 4.90 Å². The second kappa shape index (κ2) is 5.07. The highest BCUT2D eigenvalue weighted by Crippen LogP contribution is 2.17. The number of β-amino-alcohol motifs (C(OH)–C–C–N with tert-alkyl or cyclic N) is 1. The molecular formula is C10H20N2O2. The summed E-state index contributed by atoms with van der Waals surface area (Å²) in [6.45, 7) is 6.60. The molecule has 2 aliphatic rings. The number of hydrogen-bond acceptors (Lipinski definition) is 4. The summed E-state index contributed by atoms with van der Waals surface area (Å²) in [5, 5.41) is 13.3. The van der Waals surface area contributed by atoms with Crippen molar-refractivity contribution in [3.8, 4) is 0 Å². The van der Waals surface area contributed by atoms with Gasteiger partial charge in [-0.25, -0.2) is 0 Å². The van der Waals surface area contributed by atoms with Gasteiger partial charge in [-0.05, 0) is 6.42 Å². The maximum absolute atomic E-state index is 9.96. The van der Waals surface area contributed by atoms with E-state index in [4.69, 9.17) is 4.74 Å². The molecule has 2 atom stereocenters. The second-order valence-corrected chi connectivity index (χ2v) is 4.24. The van der Waals surface area contributed by atoms with E-state index in [0.29, 0.717) is 5.92 Å². The molecule has 2 aliphatic heterocycles. The van der Waals surface area contributed by atoms with Crippen LogP contribution in [0.15, 0.2) is 0 Å². The van der Waals surface area contributed by atoms with Gasteiger partial charge in [0.05, 0.1) is 12.7 Å². The van der Waals surface area contributed by atoms with E-state index in [1.165, 1.54) is 0 Å². The molecule has 0 saturated carbocycles. The highest BCUT2D eigenvalue weighted by Gasteiger charge is 2.25. The predicted octanol–water partition coefficient (Wildman–Crippen LogP) is -0.711. The molecule has 2 unspecified atom stereocenters. The minimum atomic E-state index is -0.199. The smallest absolute Gasteiger partial charge is 0.0718 e. The molecule has 0 aromatic heterocycles. The highest BCUT2D eigenvalue weighted by molar-refractivity contribution is 4.78. The molecule has 2 rings (SSSR count). The van der Waals surface area contributed by atoms with Crippen molar-refractivity contribution in [2.45, 2.75) is 12.5 Å². The topological polar surface area (TPSA) is 44.7 Å². The minimum absolute atomic E-state index is 0.199. The average molecular weight is 200 g/mol. The molecule has 0 aromatic rings. The summed E-state index contributed by atoms with van der Waals surface area (Å²) in [6.07, 6.45) is 0.823. The van der Waals surface area contributed by atoms with Gasteiger partial charge in [0.2, 0.25) is 0 Å². The number of aliphatic hydroxyl groups excluding tert-OH is 1. The van der Waals surface area contributed by atoms with Crippen molar-refractivity contribution in [1.82, 2.24) is 10.2 Å². The van der Waals surface area contributed by atoms with E-state index in [2.05, 4.69) is 10.2 Å². The molecule has 0 amide bonds. The molecule has 14 heavy (non-hydrogen) atoms. The maximum Gasteiger partial charge on any atom is 0.0718 e. The van der Waals surface area contributed by atoms with Crippen LogP contribution < -0.4 is 5.32 Å². The summed E-state index contributed by atoms with van der Waals surface area (Å²) in [4.78, 5) is 2.33. The van der Waals surface area contributed by atoms with Gasteiger partial charge in [0.15, 0.2) is 0 Å². The maximum atomic E-state index is 9.96. The zero-order valence-electron chi connectivity index (χ0n) is 8.61. The first-order chi connectivity index (χ1) is 6.86. The second-order valence-electron chi connectivity index (χ2n) is 4.24.